The maximum atomic E-state index is 12.2. The van der Waals surface area contributed by atoms with Gasteiger partial charge in [0.2, 0.25) is 11.9 Å². The van der Waals surface area contributed by atoms with Crippen molar-refractivity contribution in [2.24, 2.45) is 11.8 Å². The third-order valence-corrected chi connectivity index (χ3v) is 5.18. The number of nitrogens with zero attached hydrogens (tertiary/aromatic N) is 5. The van der Waals surface area contributed by atoms with Crippen molar-refractivity contribution in [2.75, 3.05) is 23.8 Å². The molecule has 0 aliphatic carbocycles. The number of anilines is 2. The molecule has 8 nitrogen and oxygen atoms in total. The molecular formula is C21H36N6O2. The van der Waals surface area contributed by atoms with E-state index in [1.807, 2.05) is 51.1 Å². The minimum absolute atomic E-state index is 0.108. The number of hydrogen-bond acceptors (Lipinski definition) is 6. The first kappa shape index (κ1) is 23.1. The van der Waals surface area contributed by atoms with Gasteiger partial charge in [0.1, 0.15) is 6.23 Å². The molecule has 0 bridgehead atoms. The molecular weight excluding hydrogens is 368 g/mol. The highest BCUT2D eigenvalue weighted by atomic mass is 16.5. The standard InChI is InChI=1S/C19H30N6O2.C2H6/c1-7-13-9-12(5)18(27-13)25-10-20-14-15(24(6)8-2)21-19(22-16(14)25)23-17(26)11(3)4;1-2/h10-13,18H,7-9H2,1-6H3,(H,21,22,23,26);1-2H3/t12-,13+,18+;/m0./s1. The average Bonchev–Trinajstić information content (AvgIpc) is 3.30. The van der Waals surface area contributed by atoms with E-state index in [2.05, 4.69) is 34.1 Å². The van der Waals surface area contributed by atoms with Crippen LogP contribution in [0.15, 0.2) is 6.33 Å². The molecule has 162 valence electrons. The fourth-order valence-electron chi connectivity index (χ4n) is 3.33. The monoisotopic (exact) mass is 404 g/mol. The predicted molar refractivity (Wildman–Crippen MR) is 117 cm³/mol. The van der Waals surface area contributed by atoms with Crippen LogP contribution in [0.5, 0.6) is 0 Å². The number of ether oxygens (including phenoxy) is 1. The largest absolute Gasteiger partial charge is 0.358 e. The van der Waals surface area contributed by atoms with Crippen LogP contribution in [0, 0.1) is 11.8 Å². The Labute approximate surface area is 174 Å². The second-order valence-electron chi connectivity index (χ2n) is 7.62. The van der Waals surface area contributed by atoms with Gasteiger partial charge in [0.05, 0.1) is 12.4 Å². The van der Waals surface area contributed by atoms with Gasteiger partial charge < -0.3 is 9.64 Å². The minimum Gasteiger partial charge on any atom is -0.358 e. The van der Waals surface area contributed by atoms with Gasteiger partial charge in [0, 0.05) is 25.4 Å². The maximum absolute atomic E-state index is 12.2. The van der Waals surface area contributed by atoms with Crippen molar-refractivity contribution in [2.45, 2.75) is 73.6 Å². The summed E-state index contributed by atoms with van der Waals surface area (Å²) in [5.41, 5.74) is 1.41. The summed E-state index contributed by atoms with van der Waals surface area (Å²) in [6, 6.07) is 0. The number of carbonyl (C=O) groups is 1. The van der Waals surface area contributed by atoms with Gasteiger partial charge in [0.15, 0.2) is 17.0 Å². The number of fused-ring (bicyclic) bond motifs is 1. The Morgan fingerprint density at radius 2 is 2.03 bits per heavy atom. The number of rotatable bonds is 6. The predicted octanol–water partition coefficient (Wildman–Crippen LogP) is 4.24. The minimum atomic E-state index is -0.148. The zero-order chi connectivity index (χ0) is 21.7. The molecule has 3 atom stereocenters. The fourth-order valence-corrected chi connectivity index (χ4v) is 3.33. The molecule has 0 spiro atoms. The summed E-state index contributed by atoms with van der Waals surface area (Å²) in [7, 11) is 1.96. The highest BCUT2D eigenvalue weighted by molar-refractivity contribution is 5.92. The highest BCUT2D eigenvalue weighted by Crippen LogP contribution is 2.37. The lowest BCUT2D eigenvalue weighted by atomic mass is 10.0. The number of carbonyl (C=O) groups excluding carboxylic acids is 1. The quantitative estimate of drug-likeness (QED) is 0.775. The summed E-state index contributed by atoms with van der Waals surface area (Å²) in [6.45, 7) is 14.8. The lowest BCUT2D eigenvalue weighted by Crippen LogP contribution is -2.23. The molecule has 0 aromatic carbocycles. The summed E-state index contributed by atoms with van der Waals surface area (Å²) in [6.07, 6.45) is 3.93. The second kappa shape index (κ2) is 10.0. The Kier molecular flexibility index (Phi) is 7.96. The average molecular weight is 405 g/mol. The molecule has 1 fully saturated rings. The Morgan fingerprint density at radius 3 is 2.59 bits per heavy atom. The van der Waals surface area contributed by atoms with Crippen LogP contribution in [0.4, 0.5) is 11.8 Å². The van der Waals surface area contributed by atoms with Crippen LogP contribution in [0.3, 0.4) is 0 Å². The van der Waals surface area contributed by atoms with E-state index in [1.165, 1.54) is 0 Å². The highest BCUT2D eigenvalue weighted by Gasteiger charge is 2.34. The van der Waals surface area contributed by atoms with Gasteiger partial charge in [0.25, 0.3) is 0 Å². The van der Waals surface area contributed by atoms with Crippen molar-refractivity contribution in [3.63, 3.8) is 0 Å². The Balaban J connectivity index is 0.00000145. The van der Waals surface area contributed by atoms with Gasteiger partial charge in [-0.15, -0.1) is 0 Å². The van der Waals surface area contributed by atoms with Gasteiger partial charge in [-0.3, -0.25) is 14.7 Å². The van der Waals surface area contributed by atoms with Crippen LogP contribution in [0.1, 0.15) is 67.5 Å². The number of aromatic nitrogens is 4. The maximum Gasteiger partial charge on any atom is 0.233 e. The number of nitrogens with one attached hydrogen (secondary N) is 1. The third kappa shape index (κ3) is 4.86. The molecule has 3 rings (SSSR count). The van der Waals surface area contributed by atoms with E-state index in [1.54, 1.807) is 6.33 Å². The molecule has 1 amide bonds. The van der Waals surface area contributed by atoms with Crippen LogP contribution in [0.2, 0.25) is 0 Å². The van der Waals surface area contributed by atoms with Gasteiger partial charge >= 0.3 is 0 Å². The molecule has 3 heterocycles. The van der Waals surface area contributed by atoms with Crippen molar-refractivity contribution < 1.29 is 9.53 Å². The van der Waals surface area contributed by atoms with Crippen LogP contribution in [-0.2, 0) is 9.53 Å². The molecule has 0 saturated carbocycles. The van der Waals surface area contributed by atoms with E-state index in [4.69, 9.17) is 4.74 Å². The Morgan fingerprint density at radius 1 is 1.34 bits per heavy atom. The first-order valence-corrected chi connectivity index (χ1v) is 10.8. The lowest BCUT2D eigenvalue weighted by molar-refractivity contribution is -0.118. The van der Waals surface area contributed by atoms with Crippen LogP contribution < -0.4 is 10.2 Å². The summed E-state index contributed by atoms with van der Waals surface area (Å²) < 4.78 is 8.20. The molecule has 2 aromatic rings. The van der Waals surface area contributed by atoms with Crippen molar-refractivity contribution in [3.8, 4) is 0 Å². The molecule has 0 unspecified atom stereocenters. The lowest BCUT2D eigenvalue weighted by Gasteiger charge is -2.20. The van der Waals surface area contributed by atoms with Crippen molar-refractivity contribution in [3.05, 3.63) is 6.33 Å². The van der Waals surface area contributed by atoms with E-state index in [9.17, 15) is 4.79 Å². The SMILES string of the molecule is CC.CC[C@@H]1C[C@H](C)[C@H](n2cnc3c(N(C)CC)nc(NC(=O)C(C)C)nc32)O1. The van der Waals surface area contributed by atoms with Gasteiger partial charge in [-0.1, -0.05) is 41.5 Å². The molecule has 2 aromatic heterocycles. The molecule has 8 heteroatoms. The first-order chi connectivity index (χ1) is 13.8. The molecule has 1 saturated heterocycles. The number of imidazole rings is 1. The van der Waals surface area contributed by atoms with E-state index in [0.29, 0.717) is 23.3 Å². The summed E-state index contributed by atoms with van der Waals surface area (Å²) in [5, 5.41) is 2.82. The molecule has 1 aliphatic rings. The fraction of sp³-hybridized carbons (Fsp3) is 0.714. The summed E-state index contributed by atoms with van der Waals surface area (Å²) in [4.78, 5) is 27.9. The van der Waals surface area contributed by atoms with E-state index >= 15 is 0 Å². The van der Waals surface area contributed by atoms with Crippen LogP contribution in [-0.4, -0.2) is 45.1 Å². The molecule has 0 radical (unpaired) electrons. The number of amides is 1. The van der Waals surface area contributed by atoms with E-state index in [-0.39, 0.29) is 24.2 Å². The Hall–Kier alpha value is -2.22. The van der Waals surface area contributed by atoms with Gasteiger partial charge in [-0.2, -0.15) is 9.97 Å². The van der Waals surface area contributed by atoms with Gasteiger partial charge in [-0.05, 0) is 19.8 Å². The normalized spacial score (nSPS) is 21.2. The van der Waals surface area contributed by atoms with E-state index < -0.39 is 0 Å². The van der Waals surface area contributed by atoms with Crippen molar-refractivity contribution >= 4 is 28.8 Å². The van der Waals surface area contributed by atoms with Crippen LogP contribution >= 0.6 is 0 Å². The zero-order valence-electron chi connectivity index (χ0n) is 19.1. The Bertz CT molecular complexity index is 819. The van der Waals surface area contributed by atoms with Gasteiger partial charge in [-0.25, -0.2) is 4.98 Å². The summed E-state index contributed by atoms with van der Waals surface area (Å²) in [5.74, 6) is 1.12. The molecule has 1 N–H and O–H groups in total. The first-order valence-electron chi connectivity index (χ1n) is 10.8. The number of hydrogen-bond donors (Lipinski definition) is 1. The summed E-state index contributed by atoms with van der Waals surface area (Å²) >= 11 is 0. The topological polar surface area (TPSA) is 85.2 Å². The third-order valence-electron chi connectivity index (χ3n) is 5.18. The van der Waals surface area contributed by atoms with Crippen molar-refractivity contribution in [1.82, 2.24) is 19.5 Å². The van der Waals surface area contributed by atoms with Crippen LogP contribution in [0.25, 0.3) is 11.2 Å². The van der Waals surface area contributed by atoms with Crippen molar-refractivity contribution in [1.29, 1.82) is 0 Å². The zero-order valence-corrected chi connectivity index (χ0v) is 19.1. The molecule has 29 heavy (non-hydrogen) atoms. The molecule has 1 aliphatic heterocycles. The van der Waals surface area contributed by atoms with E-state index in [0.717, 1.165) is 24.9 Å². The smallest absolute Gasteiger partial charge is 0.233 e. The second-order valence-corrected chi connectivity index (χ2v) is 7.62.